The fourth-order valence-corrected chi connectivity index (χ4v) is 2.71. The summed E-state index contributed by atoms with van der Waals surface area (Å²) in [5.41, 5.74) is 1.30. The number of amides is 1. The molecule has 24 heavy (non-hydrogen) atoms. The topological polar surface area (TPSA) is 58.6 Å². The third-order valence-electron chi connectivity index (χ3n) is 3.97. The molecule has 0 bridgehead atoms. The highest BCUT2D eigenvalue weighted by molar-refractivity contribution is 5.94. The molecule has 0 aromatic heterocycles. The van der Waals surface area contributed by atoms with Gasteiger partial charge in [-0.1, -0.05) is 48.5 Å². The average Bonchev–Trinajstić information content (AvgIpc) is 2.65. The van der Waals surface area contributed by atoms with E-state index in [2.05, 4.69) is 5.32 Å². The minimum absolute atomic E-state index is 0.143. The quantitative estimate of drug-likeness (QED) is 0.758. The molecule has 1 amide bonds. The molecule has 0 radical (unpaired) electrons. The Bertz CT molecular complexity index is 855. The molecule has 0 aliphatic rings. The maximum absolute atomic E-state index is 12.2. The number of aliphatic hydroxyl groups excluding tert-OH is 1. The van der Waals surface area contributed by atoms with Crippen molar-refractivity contribution in [3.8, 4) is 5.75 Å². The smallest absolute Gasteiger partial charge is 0.251 e. The summed E-state index contributed by atoms with van der Waals surface area (Å²) in [5.74, 6) is 0.380. The van der Waals surface area contributed by atoms with Crippen molar-refractivity contribution < 1.29 is 14.6 Å². The highest BCUT2D eigenvalue weighted by Crippen LogP contribution is 2.24. The summed E-state index contributed by atoms with van der Waals surface area (Å²) in [5, 5.41) is 15.3. The molecule has 3 aromatic carbocycles. The number of rotatable bonds is 5. The summed E-state index contributed by atoms with van der Waals surface area (Å²) < 4.78 is 5.12. The number of benzene rings is 3. The molecule has 4 nitrogen and oxygen atoms in total. The van der Waals surface area contributed by atoms with E-state index in [0.29, 0.717) is 11.3 Å². The van der Waals surface area contributed by atoms with Gasteiger partial charge >= 0.3 is 0 Å². The Balaban J connectivity index is 1.72. The van der Waals surface area contributed by atoms with Crippen molar-refractivity contribution >= 4 is 16.7 Å². The van der Waals surface area contributed by atoms with Gasteiger partial charge in [-0.15, -0.1) is 0 Å². The zero-order chi connectivity index (χ0) is 16.9. The van der Waals surface area contributed by atoms with Crippen molar-refractivity contribution in [2.24, 2.45) is 0 Å². The molecular formula is C20H19NO3. The van der Waals surface area contributed by atoms with Gasteiger partial charge in [0.1, 0.15) is 5.75 Å². The lowest BCUT2D eigenvalue weighted by molar-refractivity contribution is 0.0916. The molecule has 3 rings (SSSR count). The molecule has 0 saturated carbocycles. The Hall–Kier alpha value is -2.85. The van der Waals surface area contributed by atoms with Crippen molar-refractivity contribution in [2.75, 3.05) is 13.7 Å². The number of hydrogen-bond acceptors (Lipinski definition) is 3. The van der Waals surface area contributed by atoms with E-state index >= 15 is 0 Å². The molecule has 0 fully saturated rings. The predicted molar refractivity (Wildman–Crippen MR) is 94.2 cm³/mol. The summed E-state index contributed by atoms with van der Waals surface area (Å²) in [6.45, 7) is 0.143. The lowest BCUT2D eigenvalue weighted by atomic mass is 10.0. The van der Waals surface area contributed by atoms with Crippen LogP contribution < -0.4 is 10.1 Å². The lowest BCUT2D eigenvalue weighted by Gasteiger charge is -2.15. The van der Waals surface area contributed by atoms with Crippen LogP contribution in [-0.2, 0) is 0 Å². The molecule has 122 valence electrons. The van der Waals surface area contributed by atoms with Gasteiger partial charge in [-0.2, -0.15) is 0 Å². The van der Waals surface area contributed by atoms with Gasteiger partial charge in [0.05, 0.1) is 13.2 Å². The van der Waals surface area contributed by atoms with Crippen LogP contribution in [0.1, 0.15) is 22.0 Å². The number of aliphatic hydroxyl groups is 1. The zero-order valence-corrected chi connectivity index (χ0v) is 13.4. The van der Waals surface area contributed by atoms with E-state index in [1.54, 1.807) is 31.4 Å². The molecule has 1 atom stereocenters. The lowest BCUT2D eigenvalue weighted by Crippen LogP contribution is -2.28. The number of carbonyl (C=O) groups is 1. The first-order chi connectivity index (χ1) is 11.7. The summed E-state index contributed by atoms with van der Waals surface area (Å²) >= 11 is 0. The van der Waals surface area contributed by atoms with Crippen LogP contribution in [0.2, 0.25) is 0 Å². The molecule has 0 aliphatic carbocycles. The summed E-state index contributed by atoms with van der Waals surface area (Å²) in [6, 6.07) is 20.6. The minimum Gasteiger partial charge on any atom is -0.497 e. The van der Waals surface area contributed by atoms with E-state index in [-0.39, 0.29) is 12.5 Å². The molecule has 0 spiro atoms. The van der Waals surface area contributed by atoms with Gasteiger partial charge in [-0.3, -0.25) is 4.79 Å². The van der Waals surface area contributed by atoms with Gasteiger partial charge in [0.15, 0.2) is 0 Å². The van der Waals surface area contributed by atoms with Crippen molar-refractivity contribution in [2.45, 2.75) is 6.10 Å². The van der Waals surface area contributed by atoms with Crippen LogP contribution in [0.25, 0.3) is 10.8 Å². The summed E-state index contributed by atoms with van der Waals surface area (Å²) in [7, 11) is 1.56. The largest absolute Gasteiger partial charge is 0.497 e. The standard InChI is InChI=1S/C20H19NO3/c1-24-16-9-4-8-15(12-16)20(23)21-13-19(22)18-11-5-7-14-6-2-3-10-17(14)18/h2-12,19,22H,13H2,1H3,(H,21,23)/t19-/m0/s1. The third-order valence-corrected chi connectivity index (χ3v) is 3.97. The zero-order valence-electron chi connectivity index (χ0n) is 13.4. The molecule has 0 unspecified atom stereocenters. The number of methoxy groups -OCH3 is 1. The molecule has 0 saturated heterocycles. The van der Waals surface area contributed by atoms with Crippen molar-refractivity contribution in [3.63, 3.8) is 0 Å². The molecule has 3 aromatic rings. The number of carbonyl (C=O) groups excluding carboxylic acids is 1. The Labute approximate surface area is 140 Å². The van der Waals surface area contributed by atoms with Crippen LogP contribution in [0.15, 0.2) is 66.7 Å². The van der Waals surface area contributed by atoms with Crippen LogP contribution in [0.5, 0.6) is 5.75 Å². The van der Waals surface area contributed by atoms with E-state index in [1.165, 1.54) is 0 Å². The monoisotopic (exact) mass is 321 g/mol. The van der Waals surface area contributed by atoms with Gasteiger partial charge < -0.3 is 15.2 Å². The van der Waals surface area contributed by atoms with E-state index < -0.39 is 6.10 Å². The maximum atomic E-state index is 12.2. The second kappa shape index (κ2) is 7.15. The van der Waals surface area contributed by atoms with Gasteiger partial charge in [0.2, 0.25) is 0 Å². The highest BCUT2D eigenvalue weighted by Gasteiger charge is 2.13. The van der Waals surface area contributed by atoms with E-state index in [4.69, 9.17) is 4.74 Å². The van der Waals surface area contributed by atoms with E-state index in [1.807, 2.05) is 42.5 Å². The van der Waals surface area contributed by atoms with E-state index in [9.17, 15) is 9.90 Å². The van der Waals surface area contributed by atoms with Crippen molar-refractivity contribution in [1.82, 2.24) is 5.32 Å². The second-order valence-corrected chi connectivity index (χ2v) is 5.53. The number of nitrogens with one attached hydrogen (secondary N) is 1. The molecule has 4 heteroatoms. The molecule has 0 aliphatic heterocycles. The summed E-state index contributed by atoms with van der Waals surface area (Å²) in [6.07, 6.45) is -0.773. The number of hydrogen-bond donors (Lipinski definition) is 2. The Morgan fingerprint density at radius 1 is 1.08 bits per heavy atom. The Morgan fingerprint density at radius 3 is 2.67 bits per heavy atom. The molecule has 0 heterocycles. The first-order valence-electron chi connectivity index (χ1n) is 7.77. The SMILES string of the molecule is COc1cccc(C(=O)NC[C@H](O)c2cccc3ccccc23)c1. The van der Waals surface area contributed by atoms with Gasteiger partial charge in [0, 0.05) is 12.1 Å². The van der Waals surface area contributed by atoms with Crippen LogP contribution in [0.3, 0.4) is 0 Å². The Morgan fingerprint density at radius 2 is 1.83 bits per heavy atom. The first kappa shape index (κ1) is 16.0. The molecular weight excluding hydrogens is 302 g/mol. The van der Waals surface area contributed by atoms with Crippen LogP contribution in [-0.4, -0.2) is 24.7 Å². The van der Waals surface area contributed by atoms with Crippen molar-refractivity contribution in [3.05, 3.63) is 77.9 Å². The van der Waals surface area contributed by atoms with Crippen molar-refractivity contribution in [1.29, 1.82) is 0 Å². The molecule has 2 N–H and O–H groups in total. The van der Waals surface area contributed by atoms with Gasteiger partial charge in [0.25, 0.3) is 5.91 Å². The third kappa shape index (κ3) is 3.39. The normalized spacial score (nSPS) is 11.9. The average molecular weight is 321 g/mol. The second-order valence-electron chi connectivity index (χ2n) is 5.53. The van der Waals surface area contributed by atoms with Gasteiger partial charge in [-0.05, 0) is 34.5 Å². The highest BCUT2D eigenvalue weighted by atomic mass is 16.5. The fourth-order valence-electron chi connectivity index (χ4n) is 2.71. The van der Waals surface area contributed by atoms with E-state index in [0.717, 1.165) is 16.3 Å². The predicted octanol–water partition coefficient (Wildman–Crippen LogP) is 3.31. The fraction of sp³-hybridized carbons (Fsp3) is 0.150. The number of fused-ring (bicyclic) bond motifs is 1. The maximum Gasteiger partial charge on any atom is 0.251 e. The summed E-state index contributed by atoms with van der Waals surface area (Å²) in [4.78, 5) is 12.2. The minimum atomic E-state index is -0.773. The van der Waals surface area contributed by atoms with Crippen LogP contribution >= 0.6 is 0 Å². The first-order valence-corrected chi connectivity index (χ1v) is 7.77. The number of ether oxygens (including phenoxy) is 1. The van der Waals surface area contributed by atoms with Crippen LogP contribution in [0, 0.1) is 0 Å². The Kier molecular flexibility index (Phi) is 4.77. The van der Waals surface area contributed by atoms with Gasteiger partial charge in [-0.25, -0.2) is 0 Å². The van der Waals surface area contributed by atoms with Crippen LogP contribution in [0.4, 0.5) is 0 Å².